The van der Waals surface area contributed by atoms with Gasteiger partial charge < -0.3 is 5.32 Å². The lowest BCUT2D eigenvalue weighted by Gasteiger charge is -2.30. The molecule has 2 aromatic carbocycles. The number of nitrogens with one attached hydrogen (secondary N) is 1. The van der Waals surface area contributed by atoms with Crippen LogP contribution in [0.15, 0.2) is 70.9 Å². The summed E-state index contributed by atoms with van der Waals surface area (Å²) in [5.74, 6) is -0.593. The molecular formula is C23H21F3N2O3S2. The highest BCUT2D eigenvalue weighted by Gasteiger charge is 2.35. The summed E-state index contributed by atoms with van der Waals surface area (Å²) >= 11 is 1.56. The minimum absolute atomic E-state index is 0.0588. The minimum atomic E-state index is -4.63. The second-order valence-electron chi connectivity index (χ2n) is 7.72. The van der Waals surface area contributed by atoms with Crippen LogP contribution in [0.5, 0.6) is 0 Å². The van der Waals surface area contributed by atoms with E-state index in [1.54, 1.807) is 11.3 Å². The molecule has 1 N–H and O–H groups in total. The Morgan fingerprint density at radius 1 is 1.00 bits per heavy atom. The molecule has 5 nitrogen and oxygen atoms in total. The van der Waals surface area contributed by atoms with Gasteiger partial charge in [-0.1, -0.05) is 30.3 Å². The number of anilines is 1. The summed E-state index contributed by atoms with van der Waals surface area (Å²) in [6.45, 7) is 0.118. The number of carbonyl (C=O) groups is 1. The molecule has 33 heavy (non-hydrogen) atoms. The molecule has 2 heterocycles. The van der Waals surface area contributed by atoms with E-state index in [1.807, 2.05) is 41.8 Å². The van der Waals surface area contributed by atoms with Gasteiger partial charge in [-0.2, -0.15) is 17.5 Å². The van der Waals surface area contributed by atoms with Gasteiger partial charge in [0, 0.05) is 35.1 Å². The number of hydrogen-bond donors (Lipinski definition) is 1. The first-order valence-corrected chi connectivity index (χ1v) is 12.6. The van der Waals surface area contributed by atoms with Gasteiger partial charge >= 0.3 is 6.18 Å². The highest BCUT2D eigenvalue weighted by Crippen LogP contribution is 2.34. The van der Waals surface area contributed by atoms with Gasteiger partial charge in [-0.05, 0) is 48.6 Å². The highest BCUT2D eigenvalue weighted by atomic mass is 32.2. The zero-order valence-electron chi connectivity index (χ0n) is 17.4. The monoisotopic (exact) mass is 494 g/mol. The number of hydrogen-bond acceptors (Lipinski definition) is 4. The number of halogens is 3. The fourth-order valence-corrected chi connectivity index (χ4v) is 6.10. The van der Waals surface area contributed by atoms with Crippen LogP contribution < -0.4 is 5.32 Å². The van der Waals surface area contributed by atoms with E-state index in [9.17, 15) is 26.4 Å². The summed E-state index contributed by atoms with van der Waals surface area (Å²) < 4.78 is 65.8. The van der Waals surface area contributed by atoms with Crippen LogP contribution in [0.1, 0.15) is 18.4 Å². The van der Waals surface area contributed by atoms with Crippen molar-refractivity contribution in [2.75, 3.05) is 18.4 Å². The lowest BCUT2D eigenvalue weighted by Crippen LogP contribution is -2.41. The molecule has 0 bridgehead atoms. The van der Waals surface area contributed by atoms with Crippen molar-refractivity contribution in [2.24, 2.45) is 5.92 Å². The first-order chi connectivity index (χ1) is 15.7. The smallest absolute Gasteiger partial charge is 0.325 e. The van der Waals surface area contributed by atoms with Gasteiger partial charge in [0.05, 0.1) is 10.5 Å². The van der Waals surface area contributed by atoms with Crippen LogP contribution in [0, 0.1) is 5.92 Å². The third kappa shape index (κ3) is 5.13. The quantitative estimate of drug-likeness (QED) is 0.511. The number of thiophene rings is 1. The maximum Gasteiger partial charge on any atom is 0.416 e. The summed E-state index contributed by atoms with van der Waals surface area (Å²) in [5, 5.41) is 4.91. The van der Waals surface area contributed by atoms with Gasteiger partial charge in [-0.3, -0.25) is 4.79 Å². The third-order valence-corrected chi connectivity index (χ3v) is 8.39. The number of carbonyl (C=O) groups excluding carboxylic acids is 1. The van der Waals surface area contributed by atoms with Crippen LogP contribution in [0.2, 0.25) is 0 Å². The van der Waals surface area contributed by atoms with Gasteiger partial charge in [0.25, 0.3) is 0 Å². The zero-order valence-corrected chi connectivity index (χ0v) is 19.0. The Bertz CT molecular complexity index is 1230. The largest absolute Gasteiger partial charge is 0.416 e. The third-order valence-electron chi connectivity index (χ3n) is 5.60. The van der Waals surface area contributed by atoms with Crippen LogP contribution >= 0.6 is 11.3 Å². The minimum Gasteiger partial charge on any atom is -0.325 e. The molecule has 1 amide bonds. The van der Waals surface area contributed by atoms with Crippen molar-refractivity contribution in [1.82, 2.24) is 4.31 Å². The second-order valence-corrected chi connectivity index (χ2v) is 10.6. The molecule has 0 atom stereocenters. The van der Waals surface area contributed by atoms with E-state index in [0.29, 0.717) is 11.8 Å². The maximum atomic E-state index is 13.0. The molecule has 1 fully saturated rings. The summed E-state index contributed by atoms with van der Waals surface area (Å²) in [5.41, 5.74) is 0.580. The molecule has 0 unspecified atom stereocenters. The molecule has 0 aliphatic carbocycles. The lowest BCUT2D eigenvalue weighted by molar-refractivity contribution is -0.137. The van der Waals surface area contributed by atoms with Gasteiger partial charge in [0.1, 0.15) is 0 Å². The van der Waals surface area contributed by atoms with E-state index in [-0.39, 0.29) is 31.8 Å². The number of para-hydroxylation sites is 1. The Morgan fingerprint density at radius 3 is 2.39 bits per heavy atom. The summed E-state index contributed by atoms with van der Waals surface area (Å²) in [6, 6.07) is 15.1. The molecule has 4 rings (SSSR count). The predicted molar refractivity (Wildman–Crippen MR) is 121 cm³/mol. The van der Waals surface area contributed by atoms with Gasteiger partial charge in [-0.15, -0.1) is 11.3 Å². The summed E-state index contributed by atoms with van der Waals surface area (Å²) in [7, 11) is -4.09. The van der Waals surface area contributed by atoms with E-state index in [0.717, 1.165) is 32.9 Å². The van der Waals surface area contributed by atoms with Crippen LogP contribution in [0.25, 0.3) is 10.4 Å². The molecule has 1 aromatic heterocycles. The molecule has 1 aliphatic heterocycles. The Hall–Kier alpha value is -2.69. The molecular weight excluding hydrogens is 473 g/mol. The van der Waals surface area contributed by atoms with E-state index in [4.69, 9.17) is 0 Å². The number of amides is 1. The Labute approximate surface area is 193 Å². The van der Waals surface area contributed by atoms with E-state index in [1.165, 1.54) is 0 Å². The molecule has 0 saturated carbocycles. The van der Waals surface area contributed by atoms with Crippen molar-refractivity contribution in [2.45, 2.75) is 23.9 Å². The number of rotatable bonds is 5. The number of piperidine rings is 1. The first-order valence-electron chi connectivity index (χ1n) is 10.3. The van der Waals surface area contributed by atoms with Crippen LogP contribution in [0.4, 0.5) is 18.9 Å². The van der Waals surface area contributed by atoms with Crippen molar-refractivity contribution < 1.29 is 26.4 Å². The van der Waals surface area contributed by atoms with Crippen molar-refractivity contribution in [3.63, 3.8) is 0 Å². The highest BCUT2D eigenvalue weighted by molar-refractivity contribution is 7.89. The molecule has 1 saturated heterocycles. The van der Waals surface area contributed by atoms with Gasteiger partial charge in [0.2, 0.25) is 15.9 Å². The van der Waals surface area contributed by atoms with Crippen LogP contribution in [-0.4, -0.2) is 31.7 Å². The van der Waals surface area contributed by atoms with Crippen LogP contribution in [0.3, 0.4) is 0 Å². The van der Waals surface area contributed by atoms with Crippen molar-refractivity contribution in [3.8, 4) is 10.4 Å². The van der Waals surface area contributed by atoms with Crippen molar-refractivity contribution in [3.05, 3.63) is 71.6 Å². The summed E-state index contributed by atoms with van der Waals surface area (Å²) in [6.07, 6.45) is -4.06. The maximum absolute atomic E-state index is 13.0. The fourth-order valence-electron chi connectivity index (χ4n) is 3.81. The topological polar surface area (TPSA) is 66.5 Å². The van der Waals surface area contributed by atoms with Crippen molar-refractivity contribution in [1.29, 1.82) is 0 Å². The van der Waals surface area contributed by atoms with E-state index < -0.39 is 32.6 Å². The predicted octanol–water partition coefficient (Wildman–Crippen LogP) is 5.47. The lowest BCUT2D eigenvalue weighted by atomic mass is 9.97. The molecule has 10 heteroatoms. The molecule has 0 spiro atoms. The normalized spacial score (nSPS) is 16.0. The summed E-state index contributed by atoms with van der Waals surface area (Å²) in [4.78, 5) is 13.5. The van der Waals surface area contributed by atoms with E-state index >= 15 is 0 Å². The average molecular weight is 495 g/mol. The second kappa shape index (κ2) is 9.28. The first kappa shape index (κ1) is 23.5. The molecule has 0 radical (unpaired) electrons. The zero-order chi connectivity index (χ0) is 23.6. The number of benzene rings is 2. The van der Waals surface area contributed by atoms with Crippen molar-refractivity contribution >= 4 is 33.0 Å². The Balaban J connectivity index is 1.43. The number of nitrogens with zero attached hydrogens (tertiary/aromatic N) is 1. The van der Waals surface area contributed by atoms with Gasteiger partial charge in [-0.25, -0.2) is 8.42 Å². The standard InChI is InChI=1S/C23H21F3N2O3S2/c24-23(25,26)17-5-3-6-18(15-17)33(30,31)28-12-10-16(11-13-28)22(29)27-20-8-2-1-7-19(20)21-9-4-14-32-21/h1-9,14-16H,10-13H2,(H,27,29). The molecule has 1 aliphatic rings. The fraction of sp³-hybridized carbons (Fsp3) is 0.261. The van der Waals surface area contributed by atoms with Crippen LogP contribution in [-0.2, 0) is 21.0 Å². The van der Waals surface area contributed by atoms with E-state index in [2.05, 4.69) is 5.32 Å². The number of alkyl halides is 3. The SMILES string of the molecule is O=C(Nc1ccccc1-c1cccs1)C1CCN(S(=O)(=O)c2cccc(C(F)(F)F)c2)CC1. The average Bonchev–Trinajstić information content (AvgIpc) is 3.34. The Morgan fingerprint density at radius 2 is 1.73 bits per heavy atom. The number of sulfonamides is 1. The molecule has 174 valence electrons. The van der Waals surface area contributed by atoms with Gasteiger partial charge in [0.15, 0.2) is 0 Å². The Kier molecular flexibility index (Phi) is 6.60. The molecule has 3 aromatic rings.